The number of rotatable bonds is 5. The molecule has 0 aliphatic carbocycles. The number of alkyl halides is 1. The van der Waals surface area contributed by atoms with Gasteiger partial charge in [0.25, 0.3) is 5.91 Å². The van der Waals surface area contributed by atoms with Gasteiger partial charge in [0.2, 0.25) is 0 Å². The Bertz CT molecular complexity index is 1020. The number of methoxy groups -OCH3 is 1. The van der Waals surface area contributed by atoms with E-state index in [4.69, 9.17) is 9.84 Å². The second kappa shape index (κ2) is 7.24. The van der Waals surface area contributed by atoms with Crippen molar-refractivity contribution < 1.29 is 19.0 Å². The van der Waals surface area contributed by atoms with E-state index in [1.165, 1.54) is 4.90 Å². The number of ether oxygens (including phenoxy) is 1. The van der Waals surface area contributed by atoms with Crippen molar-refractivity contribution in [2.75, 3.05) is 26.8 Å². The van der Waals surface area contributed by atoms with Crippen molar-refractivity contribution in [3.8, 4) is 5.75 Å². The van der Waals surface area contributed by atoms with Crippen molar-refractivity contribution in [1.29, 1.82) is 0 Å². The normalized spacial score (nSPS) is 19.3. The molecule has 3 aromatic rings. The van der Waals surface area contributed by atoms with Gasteiger partial charge in [0, 0.05) is 24.1 Å². The molecule has 0 spiro atoms. The molecule has 2 heterocycles. The Morgan fingerprint density at radius 1 is 1.32 bits per heavy atom. The average Bonchev–Trinajstić information content (AvgIpc) is 3.32. The number of aliphatic hydroxyl groups is 1. The van der Waals surface area contributed by atoms with E-state index >= 15 is 0 Å². The molecular formula is C21H22FN3O3. The summed E-state index contributed by atoms with van der Waals surface area (Å²) in [5.41, 5.74) is 1.41. The number of carbonyl (C=O) groups excluding carboxylic acids is 1. The van der Waals surface area contributed by atoms with Crippen molar-refractivity contribution in [2.24, 2.45) is 0 Å². The van der Waals surface area contributed by atoms with Gasteiger partial charge in [0.15, 0.2) is 5.67 Å². The second-order valence-electron chi connectivity index (χ2n) is 7.17. The minimum absolute atomic E-state index is 0.0807. The molecule has 146 valence electrons. The SMILES string of the molecule is COc1ccccc1Cn1cnc2cc(C(=O)N3CCC(F)(CO)C3)ccc21. The lowest BCUT2D eigenvalue weighted by Gasteiger charge is -2.19. The zero-order valence-corrected chi connectivity index (χ0v) is 15.6. The Morgan fingerprint density at radius 3 is 2.89 bits per heavy atom. The molecule has 1 aliphatic rings. The molecule has 1 N–H and O–H groups in total. The first kappa shape index (κ1) is 18.4. The van der Waals surface area contributed by atoms with Gasteiger partial charge < -0.3 is 19.3 Å². The van der Waals surface area contributed by atoms with Gasteiger partial charge in [0.1, 0.15) is 5.75 Å². The summed E-state index contributed by atoms with van der Waals surface area (Å²) < 4.78 is 21.6. The van der Waals surface area contributed by atoms with E-state index < -0.39 is 12.3 Å². The number of imidazole rings is 1. The van der Waals surface area contributed by atoms with Crippen LogP contribution in [0.25, 0.3) is 11.0 Å². The number of aromatic nitrogens is 2. The Morgan fingerprint density at radius 2 is 2.14 bits per heavy atom. The van der Waals surface area contributed by atoms with Crippen LogP contribution < -0.4 is 4.74 Å². The van der Waals surface area contributed by atoms with Crippen molar-refractivity contribution in [3.63, 3.8) is 0 Å². The molecule has 2 aromatic carbocycles. The molecule has 7 heteroatoms. The van der Waals surface area contributed by atoms with Crippen LogP contribution in [-0.4, -0.2) is 57.9 Å². The summed E-state index contributed by atoms with van der Waals surface area (Å²) in [6.45, 7) is 0.253. The monoisotopic (exact) mass is 383 g/mol. The van der Waals surface area contributed by atoms with Crippen molar-refractivity contribution in [1.82, 2.24) is 14.5 Å². The maximum Gasteiger partial charge on any atom is 0.254 e. The summed E-state index contributed by atoms with van der Waals surface area (Å²) >= 11 is 0. The lowest BCUT2D eigenvalue weighted by molar-refractivity contribution is 0.0631. The van der Waals surface area contributed by atoms with Crippen LogP contribution in [0.1, 0.15) is 22.3 Å². The molecule has 0 radical (unpaired) electrons. The topological polar surface area (TPSA) is 67.6 Å². The third kappa shape index (κ3) is 3.33. The zero-order valence-electron chi connectivity index (χ0n) is 15.6. The number of carbonyl (C=O) groups is 1. The van der Waals surface area contributed by atoms with Crippen LogP contribution in [0.4, 0.5) is 4.39 Å². The van der Waals surface area contributed by atoms with Crippen LogP contribution in [0.2, 0.25) is 0 Å². The Kier molecular flexibility index (Phi) is 4.77. The van der Waals surface area contributed by atoms with Gasteiger partial charge >= 0.3 is 0 Å². The van der Waals surface area contributed by atoms with Crippen molar-refractivity contribution in [3.05, 3.63) is 59.9 Å². The molecule has 1 aliphatic heterocycles. The van der Waals surface area contributed by atoms with Gasteiger partial charge in [-0.1, -0.05) is 18.2 Å². The van der Waals surface area contributed by atoms with E-state index in [9.17, 15) is 9.18 Å². The first-order chi connectivity index (χ1) is 13.5. The van der Waals surface area contributed by atoms with E-state index in [0.717, 1.165) is 16.8 Å². The van der Waals surface area contributed by atoms with Crippen LogP contribution in [0, 0.1) is 0 Å². The predicted octanol–water partition coefficient (Wildman–Crippen LogP) is 2.64. The molecular weight excluding hydrogens is 361 g/mol. The quantitative estimate of drug-likeness (QED) is 0.736. The van der Waals surface area contributed by atoms with Crippen LogP contribution in [-0.2, 0) is 6.54 Å². The molecule has 1 aromatic heterocycles. The van der Waals surface area contributed by atoms with Gasteiger partial charge in [-0.05, 0) is 24.3 Å². The van der Waals surface area contributed by atoms with Crippen LogP contribution in [0.3, 0.4) is 0 Å². The molecule has 1 saturated heterocycles. The second-order valence-corrected chi connectivity index (χ2v) is 7.17. The highest BCUT2D eigenvalue weighted by molar-refractivity contribution is 5.97. The van der Waals surface area contributed by atoms with Crippen LogP contribution in [0.5, 0.6) is 5.75 Å². The molecule has 1 fully saturated rings. The molecule has 1 unspecified atom stereocenters. The van der Waals surface area contributed by atoms with Crippen LogP contribution in [0.15, 0.2) is 48.8 Å². The van der Waals surface area contributed by atoms with E-state index in [2.05, 4.69) is 4.98 Å². The number of hydrogen-bond acceptors (Lipinski definition) is 4. The highest BCUT2D eigenvalue weighted by Gasteiger charge is 2.39. The average molecular weight is 383 g/mol. The van der Waals surface area contributed by atoms with Gasteiger partial charge in [-0.3, -0.25) is 4.79 Å². The molecule has 4 rings (SSSR count). The standard InChI is InChI=1S/C21H22FN3O3/c1-28-19-5-3-2-4-16(19)11-25-14-23-17-10-15(6-7-18(17)25)20(27)24-9-8-21(22,12-24)13-26/h2-7,10,14,26H,8-9,11-13H2,1H3. The van der Waals surface area contributed by atoms with E-state index in [1.807, 2.05) is 34.9 Å². The van der Waals surface area contributed by atoms with Gasteiger partial charge in [-0.25, -0.2) is 9.37 Å². The Balaban J connectivity index is 1.57. The molecule has 28 heavy (non-hydrogen) atoms. The summed E-state index contributed by atoms with van der Waals surface area (Å²) in [7, 11) is 1.64. The lowest BCUT2D eigenvalue weighted by Crippen LogP contribution is -2.35. The summed E-state index contributed by atoms with van der Waals surface area (Å²) in [6, 6.07) is 13.1. The number of fused-ring (bicyclic) bond motifs is 1. The predicted molar refractivity (Wildman–Crippen MR) is 103 cm³/mol. The first-order valence-electron chi connectivity index (χ1n) is 9.19. The number of amides is 1. The first-order valence-corrected chi connectivity index (χ1v) is 9.19. The molecule has 0 bridgehead atoms. The third-order valence-corrected chi connectivity index (χ3v) is 5.28. The summed E-state index contributed by atoms with van der Waals surface area (Å²) in [5, 5.41) is 9.16. The Labute approximate surface area is 162 Å². The number of likely N-dealkylation sites (tertiary alicyclic amines) is 1. The highest BCUT2D eigenvalue weighted by atomic mass is 19.1. The minimum atomic E-state index is -1.70. The zero-order chi connectivity index (χ0) is 19.7. The fraction of sp³-hybridized carbons (Fsp3) is 0.333. The Hall–Kier alpha value is -2.93. The third-order valence-electron chi connectivity index (χ3n) is 5.28. The van der Waals surface area contributed by atoms with Gasteiger partial charge in [0.05, 0.1) is 44.2 Å². The summed E-state index contributed by atoms with van der Waals surface area (Å²) in [5.74, 6) is 0.568. The fourth-order valence-electron chi connectivity index (χ4n) is 3.66. The van der Waals surface area contributed by atoms with E-state index in [-0.39, 0.29) is 18.9 Å². The maximum absolute atomic E-state index is 14.2. The molecule has 1 amide bonds. The summed E-state index contributed by atoms with van der Waals surface area (Å²) in [6.07, 6.45) is 1.89. The molecule has 0 saturated carbocycles. The fourth-order valence-corrected chi connectivity index (χ4v) is 3.66. The number of aliphatic hydroxyl groups excluding tert-OH is 1. The highest BCUT2D eigenvalue weighted by Crippen LogP contribution is 2.27. The number of para-hydroxylation sites is 1. The number of nitrogens with zero attached hydrogens (tertiary/aromatic N) is 3. The van der Waals surface area contributed by atoms with Gasteiger partial charge in [-0.15, -0.1) is 0 Å². The van der Waals surface area contributed by atoms with E-state index in [1.54, 1.807) is 25.6 Å². The molecule has 6 nitrogen and oxygen atoms in total. The van der Waals surface area contributed by atoms with Gasteiger partial charge in [-0.2, -0.15) is 0 Å². The smallest absolute Gasteiger partial charge is 0.254 e. The largest absolute Gasteiger partial charge is 0.496 e. The lowest BCUT2D eigenvalue weighted by atomic mass is 10.1. The van der Waals surface area contributed by atoms with E-state index in [0.29, 0.717) is 24.2 Å². The van der Waals surface area contributed by atoms with Crippen LogP contribution >= 0.6 is 0 Å². The summed E-state index contributed by atoms with van der Waals surface area (Å²) in [4.78, 5) is 18.6. The minimum Gasteiger partial charge on any atom is -0.496 e. The number of benzene rings is 2. The maximum atomic E-state index is 14.2. The van der Waals surface area contributed by atoms with Crippen molar-refractivity contribution in [2.45, 2.75) is 18.6 Å². The molecule has 1 atom stereocenters. The number of halogens is 1. The van der Waals surface area contributed by atoms with Crippen molar-refractivity contribution >= 4 is 16.9 Å². The number of hydrogen-bond donors (Lipinski definition) is 1.